The lowest BCUT2D eigenvalue weighted by Crippen LogP contribution is -1.92. The number of hydrogen-bond acceptors (Lipinski definition) is 1. The Hall–Kier alpha value is -0.940. The largest absolute Gasteiger partial charge is 0.461 e. The average Bonchev–Trinajstić information content (AvgIpc) is 1.82. The molecule has 0 aliphatic carbocycles. The van der Waals surface area contributed by atoms with E-state index in [0.717, 1.165) is 5.76 Å². The molecule has 0 aliphatic heterocycles. The molecule has 0 aromatic heterocycles. The molecule has 1 nitrogen and oxygen atoms in total. The van der Waals surface area contributed by atoms with Gasteiger partial charge in [0, 0.05) is 5.92 Å². The minimum Gasteiger partial charge on any atom is -0.461 e. The summed E-state index contributed by atoms with van der Waals surface area (Å²) < 4.78 is 4.96. The van der Waals surface area contributed by atoms with Crippen LogP contribution in [-0.4, -0.2) is 0 Å². The maximum atomic E-state index is 4.96. The fourth-order valence-corrected chi connectivity index (χ4v) is 0.472. The Balaban J connectivity index is 4.01. The molecule has 0 fully saturated rings. The molecule has 0 heterocycles. The smallest absolute Gasteiger partial charge is 0.147 e. The molecule has 0 unspecified atom stereocenters. The van der Waals surface area contributed by atoms with E-state index in [4.69, 9.17) is 4.74 Å². The Bertz CT molecular complexity index is 139. The third kappa shape index (κ3) is 2.78. The molecule has 0 atom stereocenters. The van der Waals surface area contributed by atoms with Gasteiger partial charge in [-0.05, 0) is 0 Å². The maximum absolute atomic E-state index is 4.96. The second kappa shape index (κ2) is 3.99. The second-order valence-corrected chi connectivity index (χ2v) is 1.98. The Morgan fingerprint density at radius 3 is 2.33 bits per heavy atom. The molecule has 0 aromatic carbocycles. The van der Waals surface area contributed by atoms with E-state index >= 15 is 0 Å². The minimum atomic E-state index is 0.334. The van der Waals surface area contributed by atoms with Crippen molar-refractivity contribution in [3.8, 4) is 0 Å². The Labute approximate surface area is 56.3 Å². The Morgan fingerprint density at radius 2 is 2.22 bits per heavy atom. The fourth-order valence-electron chi connectivity index (χ4n) is 0.472. The topological polar surface area (TPSA) is 9.23 Å². The summed E-state index contributed by atoms with van der Waals surface area (Å²) in [5, 5.41) is 0. The van der Waals surface area contributed by atoms with Crippen molar-refractivity contribution in [2.75, 3.05) is 0 Å². The van der Waals surface area contributed by atoms with Gasteiger partial charge in [0.25, 0.3) is 0 Å². The van der Waals surface area contributed by atoms with Gasteiger partial charge in [-0.15, -0.1) is 0 Å². The van der Waals surface area contributed by atoms with Crippen molar-refractivity contribution in [3.05, 3.63) is 30.9 Å². The molecule has 0 saturated carbocycles. The molecule has 0 bridgehead atoms. The highest BCUT2D eigenvalue weighted by Crippen LogP contribution is 2.08. The predicted molar refractivity (Wildman–Crippen MR) is 38.8 cm³/mol. The summed E-state index contributed by atoms with van der Waals surface area (Å²) in [5.74, 6) is 1.07. The van der Waals surface area contributed by atoms with Crippen LogP contribution in [0.3, 0.4) is 0 Å². The summed E-state index contributed by atoms with van der Waals surface area (Å²) in [7, 11) is 0. The normalized spacial score (nSPS) is 8.33. The van der Waals surface area contributed by atoms with Crippen LogP contribution in [0.5, 0.6) is 0 Å². The summed E-state index contributed by atoms with van der Waals surface area (Å²) in [6.45, 7) is 10.9. The molecule has 0 radical (unpaired) electrons. The van der Waals surface area contributed by atoms with Crippen LogP contribution in [0, 0.1) is 5.92 Å². The quantitative estimate of drug-likeness (QED) is 0.415. The number of hydrogen-bond donors (Lipinski definition) is 0. The van der Waals surface area contributed by atoms with Crippen molar-refractivity contribution in [1.82, 2.24) is 0 Å². The van der Waals surface area contributed by atoms with Gasteiger partial charge in [0.05, 0.1) is 6.26 Å². The molecule has 50 valence electrons. The molecule has 9 heavy (non-hydrogen) atoms. The molecule has 0 rings (SSSR count). The first-order valence-electron chi connectivity index (χ1n) is 2.90. The zero-order chi connectivity index (χ0) is 7.28. The molecule has 0 saturated heterocycles. The third-order valence-electron chi connectivity index (χ3n) is 0.909. The van der Waals surface area contributed by atoms with E-state index in [1.54, 1.807) is 0 Å². The van der Waals surface area contributed by atoms with Gasteiger partial charge >= 0.3 is 0 Å². The van der Waals surface area contributed by atoms with Gasteiger partial charge < -0.3 is 4.74 Å². The van der Waals surface area contributed by atoms with Gasteiger partial charge in [0.1, 0.15) is 5.76 Å². The van der Waals surface area contributed by atoms with E-state index < -0.39 is 0 Å². The first kappa shape index (κ1) is 8.06. The van der Waals surface area contributed by atoms with Crippen LogP contribution in [-0.2, 0) is 4.74 Å². The van der Waals surface area contributed by atoms with Crippen molar-refractivity contribution < 1.29 is 4.74 Å². The summed E-state index contributed by atoms with van der Waals surface area (Å²) in [4.78, 5) is 0. The summed E-state index contributed by atoms with van der Waals surface area (Å²) >= 11 is 0. The first-order chi connectivity index (χ1) is 4.22. The standard InChI is InChI=1S/C8H12O/c1-5-8(7(3)4)9-6-2/h6-7H,1-2H2,3-4H3. The zero-order valence-corrected chi connectivity index (χ0v) is 5.98. The van der Waals surface area contributed by atoms with Crippen molar-refractivity contribution in [3.63, 3.8) is 0 Å². The first-order valence-corrected chi connectivity index (χ1v) is 2.90. The van der Waals surface area contributed by atoms with Crippen molar-refractivity contribution in [1.29, 1.82) is 0 Å². The van der Waals surface area contributed by atoms with Gasteiger partial charge in [0.15, 0.2) is 0 Å². The minimum absolute atomic E-state index is 0.334. The van der Waals surface area contributed by atoms with Gasteiger partial charge in [-0.3, -0.25) is 0 Å². The van der Waals surface area contributed by atoms with E-state index in [9.17, 15) is 0 Å². The number of rotatable bonds is 3. The molecule has 0 amide bonds. The van der Waals surface area contributed by atoms with E-state index in [0.29, 0.717) is 5.92 Å². The fraction of sp³-hybridized carbons (Fsp3) is 0.375. The van der Waals surface area contributed by atoms with E-state index in [-0.39, 0.29) is 0 Å². The summed E-state index contributed by atoms with van der Waals surface area (Å²) in [6, 6.07) is 0. The monoisotopic (exact) mass is 124 g/mol. The third-order valence-corrected chi connectivity index (χ3v) is 0.909. The highest BCUT2D eigenvalue weighted by molar-refractivity contribution is 4.93. The Kier molecular flexibility index (Phi) is 3.57. The highest BCUT2D eigenvalue weighted by atomic mass is 16.5. The summed E-state index contributed by atoms with van der Waals surface area (Å²) in [6.07, 6.45) is 1.38. The molecular formula is C8H12O. The molecular weight excluding hydrogens is 112 g/mol. The predicted octanol–water partition coefficient (Wildman–Crippen LogP) is 2.47. The lowest BCUT2D eigenvalue weighted by molar-refractivity contribution is 0.307. The average molecular weight is 124 g/mol. The van der Waals surface area contributed by atoms with Crippen LogP contribution in [0.2, 0.25) is 0 Å². The molecule has 1 heteroatoms. The van der Waals surface area contributed by atoms with Gasteiger partial charge in [-0.2, -0.15) is 0 Å². The lowest BCUT2D eigenvalue weighted by Gasteiger charge is -2.04. The summed E-state index contributed by atoms with van der Waals surface area (Å²) in [5.41, 5.74) is 2.68. The molecule has 0 aromatic rings. The van der Waals surface area contributed by atoms with Gasteiger partial charge in [0.2, 0.25) is 0 Å². The maximum Gasteiger partial charge on any atom is 0.147 e. The van der Waals surface area contributed by atoms with Gasteiger partial charge in [-0.1, -0.05) is 32.7 Å². The molecule has 0 spiro atoms. The Morgan fingerprint density at radius 1 is 1.67 bits per heavy atom. The van der Waals surface area contributed by atoms with Crippen LogP contribution in [0.4, 0.5) is 0 Å². The van der Waals surface area contributed by atoms with Crippen LogP contribution >= 0.6 is 0 Å². The van der Waals surface area contributed by atoms with Crippen LogP contribution in [0.15, 0.2) is 30.9 Å². The van der Waals surface area contributed by atoms with Crippen molar-refractivity contribution in [2.24, 2.45) is 5.92 Å². The van der Waals surface area contributed by atoms with Crippen LogP contribution in [0.25, 0.3) is 0 Å². The van der Waals surface area contributed by atoms with Gasteiger partial charge in [-0.25, -0.2) is 0 Å². The number of allylic oxidation sites excluding steroid dienone is 1. The zero-order valence-electron chi connectivity index (χ0n) is 5.98. The second-order valence-electron chi connectivity index (χ2n) is 1.98. The highest BCUT2D eigenvalue weighted by Gasteiger charge is 1.99. The SMILES string of the molecule is C=C=C(OC=C)C(C)C. The van der Waals surface area contributed by atoms with E-state index in [2.05, 4.69) is 18.9 Å². The molecule has 0 N–H and O–H groups in total. The lowest BCUT2D eigenvalue weighted by atomic mass is 10.2. The number of ether oxygens (including phenoxy) is 1. The van der Waals surface area contributed by atoms with E-state index in [1.807, 2.05) is 13.8 Å². The van der Waals surface area contributed by atoms with Crippen molar-refractivity contribution >= 4 is 0 Å². The van der Waals surface area contributed by atoms with Crippen molar-refractivity contribution in [2.45, 2.75) is 13.8 Å². The van der Waals surface area contributed by atoms with Crippen LogP contribution in [0.1, 0.15) is 13.8 Å². The van der Waals surface area contributed by atoms with E-state index in [1.165, 1.54) is 6.26 Å². The van der Waals surface area contributed by atoms with Crippen LogP contribution < -0.4 is 0 Å². The molecule has 0 aliphatic rings.